The van der Waals surface area contributed by atoms with Gasteiger partial charge in [0.2, 0.25) is 0 Å². The second kappa shape index (κ2) is 6.81. The van der Waals surface area contributed by atoms with Crippen LogP contribution in [0.5, 0.6) is 0 Å². The molecular formula is C15H20FN3S. The predicted molar refractivity (Wildman–Crippen MR) is 83.2 cm³/mol. The lowest BCUT2D eigenvalue weighted by atomic mass is 10.3. The van der Waals surface area contributed by atoms with Gasteiger partial charge in [-0.1, -0.05) is 13.8 Å². The summed E-state index contributed by atoms with van der Waals surface area (Å²) in [6.45, 7) is 7.95. The van der Waals surface area contributed by atoms with Crippen molar-refractivity contribution in [1.82, 2.24) is 10.3 Å². The maximum atomic E-state index is 13.0. The van der Waals surface area contributed by atoms with Crippen molar-refractivity contribution < 1.29 is 4.39 Å². The number of rotatable bonds is 6. The van der Waals surface area contributed by atoms with Crippen LogP contribution in [-0.4, -0.2) is 17.6 Å². The predicted octanol–water partition coefficient (Wildman–Crippen LogP) is 3.94. The summed E-state index contributed by atoms with van der Waals surface area (Å²) in [7, 11) is 0. The van der Waals surface area contributed by atoms with E-state index in [1.54, 1.807) is 23.5 Å². The van der Waals surface area contributed by atoms with Crippen LogP contribution in [-0.2, 0) is 6.54 Å². The van der Waals surface area contributed by atoms with Gasteiger partial charge < -0.3 is 10.2 Å². The summed E-state index contributed by atoms with van der Waals surface area (Å²) in [5.41, 5.74) is 0.964. The molecule has 0 aliphatic rings. The van der Waals surface area contributed by atoms with Gasteiger partial charge in [-0.15, -0.1) is 11.3 Å². The van der Waals surface area contributed by atoms with E-state index in [0.717, 1.165) is 23.9 Å². The molecule has 0 atom stereocenters. The highest BCUT2D eigenvalue weighted by molar-refractivity contribution is 7.15. The first-order chi connectivity index (χ1) is 9.60. The van der Waals surface area contributed by atoms with Gasteiger partial charge in [-0.2, -0.15) is 0 Å². The first-order valence-electron chi connectivity index (χ1n) is 6.81. The summed E-state index contributed by atoms with van der Waals surface area (Å²) in [6, 6.07) is 6.98. The Morgan fingerprint density at radius 3 is 2.60 bits per heavy atom. The third-order valence-electron chi connectivity index (χ3n) is 2.91. The zero-order valence-electron chi connectivity index (χ0n) is 12.1. The molecule has 1 aromatic carbocycles. The van der Waals surface area contributed by atoms with Crippen LogP contribution in [0, 0.1) is 5.82 Å². The van der Waals surface area contributed by atoms with Gasteiger partial charge in [-0.05, 0) is 31.2 Å². The van der Waals surface area contributed by atoms with E-state index < -0.39 is 0 Å². The van der Waals surface area contributed by atoms with E-state index in [4.69, 9.17) is 0 Å². The Kier molecular flexibility index (Phi) is 5.09. The van der Waals surface area contributed by atoms with Crippen LogP contribution in [0.4, 0.5) is 15.2 Å². The second-order valence-electron chi connectivity index (χ2n) is 4.87. The second-order valence-corrected chi connectivity index (χ2v) is 5.96. The molecule has 0 aliphatic carbocycles. The molecule has 108 valence electrons. The molecule has 0 unspecified atom stereocenters. The van der Waals surface area contributed by atoms with E-state index in [2.05, 4.69) is 36.0 Å². The van der Waals surface area contributed by atoms with E-state index in [0.29, 0.717) is 6.04 Å². The van der Waals surface area contributed by atoms with Crippen molar-refractivity contribution in [3.63, 3.8) is 0 Å². The van der Waals surface area contributed by atoms with Gasteiger partial charge in [-0.25, -0.2) is 9.37 Å². The number of nitrogens with one attached hydrogen (secondary N) is 1. The standard InChI is InChI=1S/C15H20FN3S/c1-4-19(13-7-5-12(16)6-8-13)15-18-10-14(20-15)9-17-11(2)3/h5-8,10-11,17H,4,9H2,1-3H3. The molecule has 0 radical (unpaired) electrons. The van der Waals surface area contributed by atoms with E-state index in [-0.39, 0.29) is 5.82 Å². The number of halogens is 1. The zero-order chi connectivity index (χ0) is 14.5. The van der Waals surface area contributed by atoms with Gasteiger partial charge in [0.25, 0.3) is 0 Å². The van der Waals surface area contributed by atoms with Crippen LogP contribution in [0.1, 0.15) is 25.6 Å². The van der Waals surface area contributed by atoms with Crippen molar-refractivity contribution in [1.29, 1.82) is 0 Å². The molecule has 0 saturated carbocycles. The molecule has 1 aromatic heterocycles. The Labute approximate surface area is 123 Å². The van der Waals surface area contributed by atoms with Gasteiger partial charge in [0.1, 0.15) is 5.82 Å². The maximum absolute atomic E-state index is 13.0. The van der Waals surface area contributed by atoms with Crippen molar-refractivity contribution in [2.75, 3.05) is 11.4 Å². The highest BCUT2D eigenvalue weighted by atomic mass is 32.1. The molecule has 3 nitrogen and oxygen atoms in total. The average Bonchev–Trinajstić information content (AvgIpc) is 2.88. The van der Waals surface area contributed by atoms with E-state index >= 15 is 0 Å². The topological polar surface area (TPSA) is 28.2 Å². The molecule has 2 rings (SSSR count). The van der Waals surface area contributed by atoms with Crippen LogP contribution in [0.15, 0.2) is 30.5 Å². The lowest BCUT2D eigenvalue weighted by molar-refractivity contribution is 0.593. The first-order valence-corrected chi connectivity index (χ1v) is 7.63. The van der Waals surface area contributed by atoms with Crippen molar-refractivity contribution in [2.24, 2.45) is 0 Å². The largest absolute Gasteiger partial charge is 0.318 e. The SMILES string of the molecule is CCN(c1ccc(F)cc1)c1ncc(CNC(C)C)s1. The molecule has 1 heterocycles. The Morgan fingerprint density at radius 2 is 2.00 bits per heavy atom. The quantitative estimate of drug-likeness (QED) is 0.874. The molecular weight excluding hydrogens is 273 g/mol. The molecule has 5 heteroatoms. The summed E-state index contributed by atoms with van der Waals surface area (Å²) in [6.07, 6.45) is 1.90. The number of anilines is 2. The van der Waals surface area contributed by atoms with Gasteiger partial charge in [0.15, 0.2) is 5.13 Å². The van der Waals surface area contributed by atoms with Gasteiger partial charge in [0.05, 0.1) is 0 Å². The number of nitrogens with zero attached hydrogens (tertiary/aromatic N) is 2. The zero-order valence-corrected chi connectivity index (χ0v) is 12.9. The molecule has 0 spiro atoms. The fourth-order valence-electron chi connectivity index (χ4n) is 1.86. The summed E-state index contributed by atoms with van der Waals surface area (Å²) in [5, 5.41) is 4.33. The summed E-state index contributed by atoms with van der Waals surface area (Å²) in [5.74, 6) is -0.217. The van der Waals surface area contributed by atoms with Crippen LogP contribution < -0.4 is 10.2 Å². The molecule has 0 amide bonds. The molecule has 0 fully saturated rings. The Morgan fingerprint density at radius 1 is 1.30 bits per heavy atom. The Bertz CT molecular complexity index is 536. The number of hydrogen-bond acceptors (Lipinski definition) is 4. The molecule has 0 bridgehead atoms. The van der Waals surface area contributed by atoms with Crippen LogP contribution in [0.2, 0.25) is 0 Å². The molecule has 20 heavy (non-hydrogen) atoms. The van der Waals surface area contributed by atoms with Crippen LogP contribution >= 0.6 is 11.3 Å². The highest BCUT2D eigenvalue weighted by Gasteiger charge is 2.12. The minimum absolute atomic E-state index is 0.217. The third kappa shape index (κ3) is 3.77. The Hall–Kier alpha value is -1.46. The molecule has 0 saturated heterocycles. The highest BCUT2D eigenvalue weighted by Crippen LogP contribution is 2.29. The van der Waals surface area contributed by atoms with E-state index in [1.807, 2.05) is 6.20 Å². The van der Waals surface area contributed by atoms with Crippen molar-refractivity contribution in [2.45, 2.75) is 33.4 Å². The average molecular weight is 293 g/mol. The van der Waals surface area contributed by atoms with Crippen molar-refractivity contribution >= 4 is 22.2 Å². The van der Waals surface area contributed by atoms with E-state index in [9.17, 15) is 4.39 Å². The van der Waals surface area contributed by atoms with Gasteiger partial charge in [0, 0.05) is 35.9 Å². The number of aromatic nitrogens is 1. The Balaban J connectivity index is 2.13. The normalized spacial score (nSPS) is 11.1. The number of hydrogen-bond donors (Lipinski definition) is 1. The van der Waals surface area contributed by atoms with Crippen LogP contribution in [0.3, 0.4) is 0 Å². The fraction of sp³-hybridized carbons (Fsp3) is 0.400. The van der Waals surface area contributed by atoms with Gasteiger partial charge >= 0.3 is 0 Å². The first kappa shape index (κ1) is 14.9. The summed E-state index contributed by atoms with van der Waals surface area (Å²) in [4.78, 5) is 7.76. The summed E-state index contributed by atoms with van der Waals surface area (Å²) < 4.78 is 13.0. The van der Waals surface area contributed by atoms with Crippen molar-refractivity contribution in [3.05, 3.63) is 41.2 Å². The van der Waals surface area contributed by atoms with Crippen LogP contribution in [0.25, 0.3) is 0 Å². The van der Waals surface area contributed by atoms with Crippen molar-refractivity contribution in [3.8, 4) is 0 Å². The minimum Gasteiger partial charge on any atom is -0.318 e. The minimum atomic E-state index is -0.217. The smallest absolute Gasteiger partial charge is 0.190 e. The fourth-order valence-corrected chi connectivity index (χ4v) is 2.80. The maximum Gasteiger partial charge on any atom is 0.190 e. The summed E-state index contributed by atoms with van der Waals surface area (Å²) >= 11 is 1.67. The monoisotopic (exact) mass is 293 g/mol. The van der Waals surface area contributed by atoms with E-state index in [1.165, 1.54) is 17.0 Å². The molecule has 2 aromatic rings. The molecule has 0 aliphatic heterocycles. The lowest BCUT2D eigenvalue weighted by Crippen LogP contribution is -2.21. The lowest BCUT2D eigenvalue weighted by Gasteiger charge is -2.19. The number of benzene rings is 1. The third-order valence-corrected chi connectivity index (χ3v) is 3.93. The van der Waals surface area contributed by atoms with Gasteiger partial charge in [-0.3, -0.25) is 0 Å². The molecule has 1 N–H and O–H groups in total. The number of thiazole rings is 1.